The third kappa shape index (κ3) is 9.18. The molecule has 0 heterocycles. The van der Waals surface area contributed by atoms with Crippen molar-refractivity contribution in [3.05, 3.63) is 12.2 Å². The van der Waals surface area contributed by atoms with Crippen LogP contribution >= 0.6 is 0 Å². The molecule has 0 bridgehead atoms. The van der Waals surface area contributed by atoms with Crippen LogP contribution in [-0.4, -0.2) is 10.7 Å². The van der Waals surface area contributed by atoms with Crippen molar-refractivity contribution >= 4 is 0 Å². The van der Waals surface area contributed by atoms with E-state index in [0.29, 0.717) is 0 Å². The maximum absolute atomic E-state index is 8.93. The lowest BCUT2D eigenvalue weighted by Gasteiger charge is -2.08. The zero-order valence-electron chi connectivity index (χ0n) is 5.81. The highest BCUT2D eigenvalue weighted by atomic mass is 16.3. The molecular formula is C6H15NO. The van der Waals surface area contributed by atoms with E-state index in [1.165, 1.54) is 0 Å². The van der Waals surface area contributed by atoms with E-state index in [2.05, 4.69) is 0 Å². The van der Waals surface area contributed by atoms with Gasteiger partial charge in [-0.05, 0) is 20.8 Å². The molecule has 0 aromatic rings. The number of rotatable bonds is 1. The van der Waals surface area contributed by atoms with E-state index in [-0.39, 0.29) is 6.15 Å². The van der Waals surface area contributed by atoms with Crippen molar-refractivity contribution in [1.29, 1.82) is 0 Å². The lowest BCUT2D eigenvalue weighted by Crippen LogP contribution is -2.13. The molecule has 2 heteroatoms. The van der Waals surface area contributed by atoms with Crippen molar-refractivity contribution < 1.29 is 5.11 Å². The zero-order chi connectivity index (χ0) is 5.91. The largest absolute Gasteiger partial charge is 0.386 e. The van der Waals surface area contributed by atoms with Gasteiger partial charge < -0.3 is 11.3 Å². The van der Waals surface area contributed by atoms with Crippen LogP contribution in [0.15, 0.2) is 12.2 Å². The van der Waals surface area contributed by atoms with Gasteiger partial charge in [-0.3, -0.25) is 0 Å². The average Bonchev–Trinajstić information content (AvgIpc) is 1.30. The quantitative estimate of drug-likeness (QED) is 0.511. The van der Waals surface area contributed by atoms with Crippen molar-refractivity contribution in [1.82, 2.24) is 6.15 Å². The first-order valence-electron chi connectivity index (χ1n) is 2.42. The monoisotopic (exact) mass is 117 g/mol. The molecule has 0 aliphatic carbocycles. The summed E-state index contributed by atoms with van der Waals surface area (Å²) in [6.45, 7) is 5.37. The Morgan fingerprint density at radius 2 is 1.75 bits per heavy atom. The lowest BCUT2D eigenvalue weighted by molar-refractivity contribution is 0.133. The molecule has 0 saturated heterocycles. The summed E-state index contributed by atoms with van der Waals surface area (Å²) in [6.07, 6.45) is 3.58. The zero-order valence-corrected chi connectivity index (χ0v) is 5.81. The van der Waals surface area contributed by atoms with Gasteiger partial charge in [-0.1, -0.05) is 12.2 Å². The minimum Gasteiger partial charge on any atom is -0.386 e. The van der Waals surface area contributed by atoms with Gasteiger partial charge in [0.15, 0.2) is 0 Å². The lowest BCUT2D eigenvalue weighted by atomic mass is 10.1. The molecule has 0 atom stereocenters. The summed E-state index contributed by atoms with van der Waals surface area (Å²) in [6, 6.07) is 0. The molecule has 4 N–H and O–H groups in total. The van der Waals surface area contributed by atoms with Gasteiger partial charge in [-0.2, -0.15) is 0 Å². The second-order valence-corrected chi connectivity index (χ2v) is 2.15. The van der Waals surface area contributed by atoms with Crippen molar-refractivity contribution in [3.8, 4) is 0 Å². The van der Waals surface area contributed by atoms with Crippen LogP contribution in [0.5, 0.6) is 0 Å². The molecule has 0 aliphatic rings. The normalized spacial score (nSPS) is 11.5. The topological polar surface area (TPSA) is 55.2 Å². The molecule has 8 heavy (non-hydrogen) atoms. The Morgan fingerprint density at radius 3 is 1.75 bits per heavy atom. The van der Waals surface area contributed by atoms with Crippen molar-refractivity contribution in [2.75, 3.05) is 0 Å². The fourth-order valence-electron chi connectivity index (χ4n) is 0.408. The van der Waals surface area contributed by atoms with Crippen LogP contribution in [0.1, 0.15) is 20.8 Å². The molecule has 0 unspecified atom stereocenters. The predicted octanol–water partition coefficient (Wildman–Crippen LogP) is 1.50. The smallest absolute Gasteiger partial charge is 0.0771 e. The molecule has 0 radical (unpaired) electrons. The Labute approximate surface area is 50.8 Å². The summed E-state index contributed by atoms with van der Waals surface area (Å²) in [5.41, 5.74) is -0.630. The van der Waals surface area contributed by atoms with E-state index in [4.69, 9.17) is 5.11 Å². The fourth-order valence-corrected chi connectivity index (χ4v) is 0.408. The summed E-state index contributed by atoms with van der Waals surface area (Å²) in [5.74, 6) is 0. The first-order valence-corrected chi connectivity index (χ1v) is 2.42. The predicted molar refractivity (Wildman–Crippen MR) is 36.1 cm³/mol. The third-order valence-corrected chi connectivity index (χ3v) is 0.575. The molecule has 0 aromatic carbocycles. The van der Waals surface area contributed by atoms with E-state index in [0.717, 1.165) is 0 Å². The van der Waals surface area contributed by atoms with Crippen molar-refractivity contribution in [2.45, 2.75) is 26.4 Å². The van der Waals surface area contributed by atoms with Crippen LogP contribution in [0, 0.1) is 0 Å². The van der Waals surface area contributed by atoms with Gasteiger partial charge in [-0.25, -0.2) is 0 Å². The highest BCUT2D eigenvalue weighted by Crippen LogP contribution is 2.00. The Kier molecular flexibility index (Phi) is 4.82. The van der Waals surface area contributed by atoms with E-state index in [1.807, 2.05) is 13.0 Å². The summed E-state index contributed by atoms with van der Waals surface area (Å²) in [7, 11) is 0. The maximum Gasteiger partial charge on any atom is 0.0771 e. The highest BCUT2D eigenvalue weighted by molar-refractivity contribution is 4.92. The van der Waals surface area contributed by atoms with E-state index in [9.17, 15) is 0 Å². The van der Waals surface area contributed by atoms with E-state index >= 15 is 0 Å². The van der Waals surface area contributed by atoms with Crippen molar-refractivity contribution in [2.24, 2.45) is 0 Å². The second kappa shape index (κ2) is 3.64. The van der Waals surface area contributed by atoms with Crippen LogP contribution in [0.2, 0.25) is 0 Å². The molecule has 0 saturated carbocycles. The van der Waals surface area contributed by atoms with Gasteiger partial charge in [0.1, 0.15) is 0 Å². The van der Waals surface area contributed by atoms with Gasteiger partial charge >= 0.3 is 0 Å². The maximum atomic E-state index is 8.93. The average molecular weight is 117 g/mol. The van der Waals surface area contributed by atoms with Crippen LogP contribution in [0.25, 0.3) is 0 Å². The first kappa shape index (κ1) is 10.6. The van der Waals surface area contributed by atoms with Crippen molar-refractivity contribution in [3.63, 3.8) is 0 Å². The van der Waals surface area contributed by atoms with Gasteiger partial charge in [0, 0.05) is 0 Å². The highest BCUT2D eigenvalue weighted by Gasteiger charge is 2.03. The third-order valence-electron chi connectivity index (χ3n) is 0.575. The summed E-state index contributed by atoms with van der Waals surface area (Å²) < 4.78 is 0. The van der Waals surface area contributed by atoms with E-state index < -0.39 is 5.60 Å². The standard InChI is InChI=1S/C6H12O.H3N/c1-4-5-6(2,3)7;/h4-5,7H,1-3H3;1H3. The Morgan fingerprint density at radius 1 is 1.38 bits per heavy atom. The van der Waals surface area contributed by atoms with Gasteiger partial charge in [0.25, 0.3) is 0 Å². The number of hydrogen-bond donors (Lipinski definition) is 2. The SMILES string of the molecule is CC=CC(C)(C)O.N. The Hall–Kier alpha value is -0.340. The molecule has 0 rings (SSSR count). The molecular weight excluding hydrogens is 102 g/mol. The summed E-state index contributed by atoms with van der Waals surface area (Å²) in [4.78, 5) is 0. The Bertz CT molecular complexity index is 71.1. The molecule has 0 aromatic heterocycles. The number of hydrogen-bond acceptors (Lipinski definition) is 2. The van der Waals surface area contributed by atoms with Crippen LogP contribution < -0.4 is 6.15 Å². The molecule has 50 valence electrons. The summed E-state index contributed by atoms with van der Waals surface area (Å²) >= 11 is 0. The van der Waals surface area contributed by atoms with Gasteiger partial charge in [0.05, 0.1) is 5.60 Å². The van der Waals surface area contributed by atoms with Crippen LogP contribution in [0.3, 0.4) is 0 Å². The van der Waals surface area contributed by atoms with Crippen LogP contribution in [0.4, 0.5) is 0 Å². The first-order chi connectivity index (χ1) is 3.06. The number of allylic oxidation sites excluding steroid dienone is 1. The van der Waals surface area contributed by atoms with E-state index in [1.54, 1.807) is 19.9 Å². The minimum absolute atomic E-state index is 0. The fraction of sp³-hybridized carbons (Fsp3) is 0.667. The molecule has 0 spiro atoms. The molecule has 2 nitrogen and oxygen atoms in total. The van der Waals surface area contributed by atoms with Gasteiger partial charge in [-0.15, -0.1) is 0 Å². The summed E-state index contributed by atoms with van der Waals surface area (Å²) in [5, 5.41) is 8.93. The molecule has 0 fully saturated rings. The van der Waals surface area contributed by atoms with Gasteiger partial charge in [0.2, 0.25) is 0 Å². The Balaban J connectivity index is 0. The molecule has 0 aliphatic heterocycles. The minimum atomic E-state index is -0.630. The molecule has 0 amide bonds. The number of aliphatic hydroxyl groups is 1. The second-order valence-electron chi connectivity index (χ2n) is 2.15. The van der Waals surface area contributed by atoms with Crippen LogP contribution in [-0.2, 0) is 0 Å².